The SMILES string of the molecule is C/C(CC(=O)NCc1ccc(Cl)cc1)=N/NC(=O)COc1ccc(C)cc1Br. The molecular formula is C20H21BrClN3O3. The van der Waals surface area contributed by atoms with Crippen LogP contribution in [0.2, 0.25) is 5.02 Å². The van der Waals surface area contributed by atoms with E-state index >= 15 is 0 Å². The molecule has 0 aliphatic heterocycles. The second-order valence-corrected chi connectivity index (χ2v) is 7.48. The summed E-state index contributed by atoms with van der Waals surface area (Å²) in [5.41, 5.74) is 4.89. The smallest absolute Gasteiger partial charge is 0.277 e. The number of nitrogens with one attached hydrogen (secondary N) is 2. The molecule has 2 aromatic carbocycles. The summed E-state index contributed by atoms with van der Waals surface area (Å²) in [5, 5.41) is 7.36. The zero-order valence-electron chi connectivity index (χ0n) is 15.6. The average Bonchev–Trinajstić information content (AvgIpc) is 2.65. The van der Waals surface area contributed by atoms with Crippen molar-refractivity contribution >= 4 is 45.1 Å². The predicted molar refractivity (Wildman–Crippen MR) is 114 cm³/mol. The van der Waals surface area contributed by atoms with Crippen molar-refractivity contribution in [3.8, 4) is 5.75 Å². The molecule has 0 aromatic heterocycles. The van der Waals surface area contributed by atoms with Crippen molar-refractivity contribution in [2.24, 2.45) is 5.10 Å². The number of ether oxygens (including phenoxy) is 1. The van der Waals surface area contributed by atoms with E-state index in [0.717, 1.165) is 15.6 Å². The van der Waals surface area contributed by atoms with Gasteiger partial charge >= 0.3 is 0 Å². The van der Waals surface area contributed by atoms with Crippen LogP contribution in [0.1, 0.15) is 24.5 Å². The maximum absolute atomic E-state index is 12.0. The summed E-state index contributed by atoms with van der Waals surface area (Å²) in [4.78, 5) is 23.8. The van der Waals surface area contributed by atoms with E-state index in [1.54, 1.807) is 25.1 Å². The highest BCUT2D eigenvalue weighted by atomic mass is 79.9. The first-order chi connectivity index (χ1) is 13.3. The maximum atomic E-state index is 12.0. The van der Waals surface area contributed by atoms with E-state index in [9.17, 15) is 9.59 Å². The summed E-state index contributed by atoms with van der Waals surface area (Å²) < 4.78 is 6.22. The number of amides is 2. The van der Waals surface area contributed by atoms with Gasteiger partial charge < -0.3 is 10.1 Å². The Kier molecular flexibility index (Phi) is 8.47. The topological polar surface area (TPSA) is 79.8 Å². The molecular weight excluding hydrogens is 446 g/mol. The number of hydrogen-bond donors (Lipinski definition) is 2. The molecule has 2 aromatic rings. The summed E-state index contributed by atoms with van der Waals surface area (Å²) in [6, 6.07) is 12.8. The zero-order chi connectivity index (χ0) is 20.5. The van der Waals surface area contributed by atoms with Crippen molar-refractivity contribution in [2.75, 3.05) is 6.61 Å². The molecule has 0 fully saturated rings. The molecule has 0 bridgehead atoms. The highest BCUT2D eigenvalue weighted by Crippen LogP contribution is 2.25. The fourth-order valence-electron chi connectivity index (χ4n) is 2.19. The van der Waals surface area contributed by atoms with Crippen molar-refractivity contribution in [3.63, 3.8) is 0 Å². The van der Waals surface area contributed by atoms with Gasteiger partial charge in [-0.1, -0.05) is 29.8 Å². The van der Waals surface area contributed by atoms with Gasteiger partial charge in [0.05, 0.1) is 10.9 Å². The summed E-state index contributed by atoms with van der Waals surface area (Å²) in [6.07, 6.45) is 0.0816. The van der Waals surface area contributed by atoms with Crippen molar-refractivity contribution in [1.82, 2.24) is 10.7 Å². The molecule has 28 heavy (non-hydrogen) atoms. The molecule has 0 aliphatic carbocycles. The lowest BCUT2D eigenvalue weighted by molar-refractivity contribution is -0.123. The molecule has 0 spiro atoms. The molecule has 0 saturated carbocycles. The Morgan fingerprint density at radius 2 is 1.86 bits per heavy atom. The second-order valence-electron chi connectivity index (χ2n) is 6.18. The van der Waals surface area contributed by atoms with Crippen LogP contribution in [-0.4, -0.2) is 24.1 Å². The van der Waals surface area contributed by atoms with E-state index < -0.39 is 5.91 Å². The first-order valence-corrected chi connectivity index (χ1v) is 9.72. The number of aryl methyl sites for hydroxylation is 1. The maximum Gasteiger partial charge on any atom is 0.277 e. The van der Waals surface area contributed by atoms with Crippen LogP contribution in [0.25, 0.3) is 0 Å². The summed E-state index contributed by atoms with van der Waals surface area (Å²) >= 11 is 9.21. The molecule has 2 amide bonds. The number of carbonyl (C=O) groups is 2. The minimum atomic E-state index is -0.409. The van der Waals surface area contributed by atoms with E-state index in [1.807, 2.05) is 31.2 Å². The minimum Gasteiger partial charge on any atom is -0.483 e. The lowest BCUT2D eigenvalue weighted by Gasteiger charge is -2.08. The summed E-state index contributed by atoms with van der Waals surface area (Å²) in [7, 11) is 0. The Hall–Kier alpha value is -2.38. The molecule has 6 nitrogen and oxygen atoms in total. The summed E-state index contributed by atoms with van der Waals surface area (Å²) in [5.74, 6) is -0.0262. The van der Waals surface area contributed by atoms with E-state index in [-0.39, 0.29) is 18.9 Å². The molecule has 0 heterocycles. The Bertz CT molecular complexity index is 869. The number of nitrogens with zero attached hydrogens (tertiary/aromatic N) is 1. The lowest BCUT2D eigenvalue weighted by Crippen LogP contribution is -2.28. The molecule has 0 saturated heterocycles. The van der Waals surface area contributed by atoms with Crippen LogP contribution < -0.4 is 15.5 Å². The Morgan fingerprint density at radius 1 is 1.14 bits per heavy atom. The van der Waals surface area contributed by atoms with Crippen molar-refractivity contribution in [2.45, 2.75) is 26.8 Å². The predicted octanol–water partition coefficient (Wildman–Crippen LogP) is 3.99. The normalized spacial score (nSPS) is 11.1. The molecule has 148 valence electrons. The van der Waals surface area contributed by atoms with E-state index in [0.29, 0.717) is 23.0 Å². The number of hydrazone groups is 1. The molecule has 2 N–H and O–H groups in total. The molecule has 0 unspecified atom stereocenters. The third-order valence-corrected chi connectivity index (χ3v) is 4.51. The fraction of sp³-hybridized carbons (Fsp3) is 0.250. The van der Waals surface area contributed by atoms with Gasteiger partial charge in [-0.15, -0.1) is 0 Å². The largest absolute Gasteiger partial charge is 0.483 e. The van der Waals surface area contributed by atoms with Gasteiger partial charge in [0.1, 0.15) is 5.75 Å². The Morgan fingerprint density at radius 3 is 2.54 bits per heavy atom. The van der Waals surface area contributed by atoms with Gasteiger partial charge in [-0.3, -0.25) is 9.59 Å². The first kappa shape index (κ1) is 21.9. The zero-order valence-corrected chi connectivity index (χ0v) is 17.9. The third-order valence-electron chi connectivity index (χ3n) is 3.64. The molecule has 0 radical (unpaired) electrons. The standard InChI is InChI=1S/C20H21BrClN3O3/c1-13-3-8-18(17(21)9-13)28-12-20(27)25-24-14(2)10-19(26)23-11-15-4-6-16(22)7-5-15/h3-9H,10-12H2,1-2H3,(H,23,26)(H,25,27)/b24-14-. The van der Waals surface area contributed by atoms with Crippen LogP contribution in [0, 0.1) is 6.92 Å². The van der Waals surface area contributed by atoms with E-state index in [1.165, 1.54) is 0 Å². The monoisotopic (exact) mass is 465 g/mol. The van der Waals surface area contributed by atoms with Crippen LogP contribution >= 0.6 is 27.5 Å². The first-order valence-electron chi connectivity index (χ1n) is 8.55. The number of carbonyl (C=O) groups excluding carboxylic acids is 2. The summed E-state index contributed by atoms with van der Waals surface area (Å²) in [6.45, 7) is 3.85. The van der Waals surface area contributed by atoms with Gasteiger partial charge in [0, 0.05) is 17.3 Å². The fourth-order valence-corrected chi connectivity index (χ4v) is 2.93. The van der Waals surface area contributed by atoms with Crippen LogP contribution in [0.5, 0.6) is 5.75 Å². The lowest BCUT2D eigenvalue weighted by atomic mass is 10.2. The van der Waals surface area contributed by atoms with E-state index in [4.69, 9.17) is 16.3 Å². The van der Waals surface area contributed by atoms with Crippen molar-refractivity contribution in [3.05, 3.63) is 63.1 Å². The minimum absolute atomic E-state index is 0.0816. The van der Waals surface area contributed by atoms with Gasteiger partial charge in [-0.2, -0.15) is 5.10 Å². The highest BCUT2D eigenvalue weighted by Gasteiger charge is 2.07. The van der Waals surface area contributed by atoms with Gasteiger partial charge in [-0.25, -0.2) is 5.43 Å². The number of rotatable bonds is 8. The van der Waals surface area contributed by atoms with Crippen molar-refractivity contribution in [1.29, 1.82) is 0 Å². The molecule has 0 atom stereocenters. The number of benzene rings is 2. The number of hydrogen-bond acceptors (Lipinski definition) is 4. The Labute approximate surface area is 177 Å². The van der Waals surface area contributed by atoms with Gasteiger partial charge in [0.2, 0.25) is 5.91 Å². The Balaban J connectivity index is 1.72. The molecule has 2 rings (SSSR count). The quantitative estimate of drug-likeness (QED) is 0.456. The van der Waals surface area contributed by atoms with E-state index in [2.05, 4.69) is 31.8 Å². The van der Waals surface area contributed by atoms with Gasteiger partial charge in [0.15, 0.2) is 6.61 Å². The second kappa shape index (κ2) is 10.8. The number of halogens is 2. The third kappa shape index (κ3) is 7.70. The van der Waals surface area contributed by atoms with Crippen molar-refractivity contribution < 1.29 is 14.3 Å². The van der Waals surface area contributed by atoms with Crippen LogP contribution in [0.3, 0.4) is 0 Å². The van der Waals surface area contributed by atoms with Crippen LogP contribution in [0.4, 0.5) is 0 Å². The van der Waals surface area contributed by atoms with Crippen LogP contribution in [0.15, 0.2) is 52.0 Å². The molecule has 0 aliphatic rings. The highest BCUT2D eigenvalue weighted by molar-refractivity contribution is 9.10. The average molecular weight is 467 g/mol. The van der Waals surface area contributed by atoms with Crippen LogP contribution in [-0.2, 0) is 16.1 Å². The van der Waals surface area contributed by atoms with Gasteiger partial charge in [-0.05, 0) is 65.2 Å². The van der Waals surface area contributed by atoms with Gasteiger partial charge in [0.25, 0.3) is 5.91 Å². The molecule has 8 heteroatoms.